The lowest BCUT2D eigenvalue weighted by Crippen LogP contribution is -2.00. The highest BCUT2D eigenvalue weighted by molar-refractivity contribution is 5.39. The van der Waals surface area contributed by atoms with Crippen molar-refractivity contribution in [2.75, 3.05) is 0 Å². The minimum atomic E-state index is -0.493. The van der Waals surface area contributed by atoms with E-state index in [0.717, 1.165) is 6.79 Å². The van der Waals surface area contributed by atoms with E-state index in [1.54, 1.807) is 36.4 Å². The Hall–Kier alpha value is -2.84. The summed E-state index contributed by atoms with van der Waals surface area (Å²) in [5.74, 6) is 0. The molecule has 0 saturated heterocycles. The molecule has 0 heterocycles. The fourth-order valence-electron chi connectivity index (χ4n) is 1.92. The number of nitrogens with zero attached hydrogens (tertiary/aromatic N) is 2. The van der Waals surface area contributed by atoms with Crippen LogP contribution in [0.4, 0.5) is 11.4 Å². The van der Waals surface area contributed by atoms with Crippen LogP contribution in [0.5, 0.6) is 0 Å². The van der Waals surface area contributed by atoms with E-state index in [9.17, 15) is 20.2 Å². The van der Waals surface area contributed by atoms with Crippen LogP contribution in [0.2, 0.25) is 0 Å². The predicted octanol–water partition coefficient (Wildman–Crippen LogP) is 3.36. The van der Waals surface area contributed by atoms with Crippen molar-refractivity contribution in [3.8, 4) is 0 Å². The molecule has 0 aliphatic heterocycles. The Kier molecular flexibility index (Phi) is 5.73. The van der Waals surface area contributed by atoms with Crippen molar-refractivity contribution in [3.05, 3.63) is 86.7 Å². The molecule has 0 saturated carbocycles. The molecule has 8 heteroatoms. The number of nitro groups is 2. The van der Waals surface area contributed by atoms with Crippen molar-refractivity contribution in [2.45, 2.75) is 13.2 Å². The topological polar surface area (TPSA) is 105 Å². The van der Waals surface area contributed by atoms with Crippen LogP contribution < -0.4 is 0 Å². The van der Waals surface area contributed by atoms with Gasteiger partial charge in [0.15, 0.2) is 0 Å². The van der Waals surface area contributed by atoms with Gasteiger partial charge in [0, 0.05) is 12.1 Å². The maximum absolute atomic E-state index is 10.8. The molecular formula is C15H13N2O6. The second kappa shape index (κ2) is 7.97. The molecule has 0 fully saturated rings. The van der Waals surface area contributed by atoms with Gasteiger partial charge in [0.25, 0.3) is 11.4 Å². The highest BCUT2D eigenvalue weighted by Crippen LogP contribution is 2.20. The number of ether oxygens (including phenoxy) is 2. The van der Waals surface area contributed by atoms with Gasteiger partial charge in [-0.15, -0.1) is 0 Å². The molecule has 0 atom stereocenters. The molecule has 0 spiro atoms. The van der Waals surface area contributed by atoms with Gasteiger partial charge in [-0.05, 0) is 12.1 Å². The molecule has 2 aromatic rings. The Balaban J connectivity index is 1.83. The normalized spacial score (nSPS) is 10.4. The average molecular weight is 317 g/mol. The van der Waals surface area contributed by atoms with Gasteiger partial charge >= 0.3 is 0 Å². The van der Waals surface area contributed by atoms with E-state index >= 15 is 0 Å². The van der Waals surface area contributed by atoms with Gasteiger partial charge in [-0.2, -0.15) is 0 Å². The number of benzene rings is 2. The summed E-state index contributed by atoms with van der Waals surface area (Å²) in [5.41, 5.74) is 0.727. The lowest BCUT2D eigenvalue weighted by atomic mass is 10.2. The quantitative estimate of drug-likeness (QED) is 0.420. The van der Waals surface area contributed by atoms with E-state index < -0.39 is 9.85 Å². The second-order valence-electron chi connectivity index (χ2n) is 4.49. The summed E-state index contributed by atoms with van der Waals surface area (Å²) in [6.45, 7) is 0.954. The molecule has 119 valence electrons. The Morgan fingerprint density at radius 3 is 1.57 bits per heavy atom. The van der Waals surface area contributed by atoms with Gasteiger partial charge in [-0.25, -0.2) is 0 Å². The molecule has 0 aliphatic carbocycles. The molecule has 0 N–H and O–H groups in total. The molecule has 1 radical (unpaired) electrons. The first-order chi connectivity index (χ1) is 11.1. The largest absolute Gasteiger partial charge is 0.343 e. The number of nitro benzene ring substituents is 2. The summed E-state index contributed by atoms with van der Waals surface area (Å²) >= 11 is 0. The fourth-order valence-corrected chi connectivity index (χ4v) is 1.92. The van der Waals surface area contributed by atoms with Crippen molar-refractivity contribution in [1.29, 1.82) is 0 Å². The van der Waals surface area contributed by atoms with Gasteiger partial charge in [0.05, 0.1) is 34.2 Å². The van der Waals surface area contributed by atoms with Crippen molar-refractivity contribution < 1.29 is 19.3 Å². The van der Waals surface area contributed by atoms with E-state index in [0.29, 0.717) is 11.1 Å². The van der Waals surface area contributed by atoms with Crippen molar-refractivity contribution in [2.24, 2.45) is 0 Å². The highest BCUT2D eigenvalue weighted by Gasteiger charge is 2.13. The van der Waals surface area contributed by atoms with E-state index in [1.165, 1.54) is 12.1 Å². The molecular weight excluding hydrogens is 304 g/mol. The molecule has 0 aliphatic rings. The lowest BCUT2D eigenvalue weighted by molar-refractivity contribution is -0.386. The van der Waals surface area contributed by atoms with Crippen LogP contribution >= 0.6 is 0 Å². The van der Waals surface area contributed by atoms with Gasteiger partial charge in [-0.3, -0.25) is 20.2 Å². The maximum atomic E-state index is 10.8. The highest BCUT2D eigenvalue weighted by atomic mass is 16.7. The van der Waals surface area contributed by atoms with Crippen molar-refractivity contribution >= 4 is 11.4 Å². The van der Waals surface area contributed by atoms with Gasteiger partial charge in [0.1, 0.15) is 0 Å². The molecule has 0 aromatic heterocycles. The monoisotopic (exact) mass is 317 g/mol. The van der Waals surface area contributed by atoms with Crippen LogP contribution in [-0.2, 0) is 22.7 Å². The first-order valence-corrected chi connectivity index (χ1v) is 6.59. The lowest BCUT2D eigenvalue weighted by Gasteiger charge is -2.06. The summed E-state index contributed by atoms with van der Waals surface area (Å²) in [4.78, 5) is 20.7. The second-order valence-corrected chi connectivity index (χ2v) is 4.49. The van der Waals surface area contributed by atoms with E-state index in [2.05, 4.69) is 0 Å². The average Bonchev–Trinajstić information content (AvgIpc) is 2.55. The van der Waals surface area contributed by atoms with E-state index in [1.807, 2.05) is 0 Å². The number of rotatable bonds is 8. The first-order valence-electron chi connectivity index (χ1n) is 6.59. The third-order valence-corrected chi connectivity index (χ3v) is 2.99. The molecule has 2 rings (SSSR count). The molecule has 23 heavy (non-hydrogen) atoms. The summed E-state index contributed by atoms with van der Waals surface area (Å²) < 4.78 is 10.2. The van der Waals surface area contributed by atoms with Crippen LogP contribution in [0, 0.1) is 27.0 Å². The maximum Gasteiger partial charge on any atom is 0.274 e. The third-order valence-electron chi connectivity index (χ3n) is 2.99. The van der Waals surface area contributed by atoms with Crippen LogP contribution in [0.15, 0.2) is 48.5 Å². The summed E-state index contributed by atoms with van der Waals surface area (Å²) in [7, 11) is 0. The van der Waals surface area contributed by atoms with Crippen LogP contribution in [-0.4, -0.2) is 9.85 Å². The minimum Gasteiger partial charge on any atom is -0.343 e. The van der Waals surface area contributed by atoms with E-state index in [4.69, 9.17) is 9.47 Å². The molecule has 2 aromatic carbocycles. The Morgan fingerprint density at radius 1 is 0.783 bits per heavy atom. The van der Waals surface area contributed by atoms with Crippen LogP contribution in [0.3, 0.4) is 0 Å². The standard InChI is InChI=1S/C15H13N2O6/c18-16(19)14-7-3-1-5-12(14)9-22-11-23-10-13-6-2-4-8-15(13)17(20)21/h1-8,11H,9-10H2. The molecule has 0 unspecified atom stereocenters. The molecule has 0 bridgehead atoms. The Morgan fingerprint density at radius 2 is 1.17 bits per heavy atom. The van der Waals surface area contributed by atoms with E-state index in [-0.39, 0.29) is 24.6 Å². The summed E-state index contributed by atoms with van der Waals surface area (Å²) in [5, 5.41) is 21.7. The zero-order valence-corrected chi connectivity index (χ0v) is 12.0. The Bertz CT molecular complexity index is 644. The minimum absolute atomic E-state index is 0.0337. The molecule has 8 nitrogen and oxygen atoms in total. The number of para-hydroxylation sites is 2. The van der Waals surface area contributed by atoms with Gasteiger partial charge in [-0.1, -0.05) is 24.3 Å². The van der Waals surface area contributed by atoms with Gasteiger partial charge < -0.3 is 9.47 Å². The SMILES string of the molecule is O=[N+]([O-])c1ccccc1CO[CH]OCc1ccccc1[N+](=O)[O-]. The zero-order chi connectivity index (χ0) is 16.7. The van der Waals surface area contributed by atoms with Crippen LogP contribution in [0.25, 0.3) is 0 Å². The predicted molar refractivity (Wildman–Crippen MR) is 80.1 cm³/mol. The van der Waals surface area contributed by atoms with Crippen molar-refractivity contribution in [3.63, 3.8) is 0 Å². The molecule has 0 amide bonds. The summed E-state index contributed by atoms with van der Waals surface area (Å²) in [6.07, 6.45) is 0. The smallest absolute Gasteiger partial charge is 0.274 e. The number of hydrogen-bond acceptors (Lipinski definition) is 6. The van der Waals surface area contributed by atoms with Crippen LogP contribution in [0.1, 0.15) is 11.1 Å². The third kappa shape index (κ3) is 4.56. The van der Waals surface area contributed by atoms with Crippen molar-refractivity contribution in [1.82, 2.24) is 0 Å². The fraction of sp³-hybridized carbons (Fsp3) is 0.133. The number of hydrogen-bond donors (Lipinski definition) is 0. The Labute approximate surface area is 131 Å². The zero-order valence-electron chi connectivity index (χ0n) is 12.0. The van der Waals surface area contributed by atoms with Gasteiger partial charge in [0.2, 0.25) is 6.79 Å². The first kappa shape index (κ1) is 16.5. The summed E-state index contributed by atoms with van der Waals surface area (Å²) in [6, 6.07) is 12.4.